The van der Waals surface area contributed by atoms with Crippen LogP contribution < -0.4 is 5.73 Å². The lowest BCUT2D eigenvalue weighted by molar-refractivity contribution is -0.125. The maximum absolute atomic E-state index is 12.0. The van der Waals surface area contributed by atoms with Crippen molar-refractivity contribution in [3.05, 3.63) is 47.6 Å². The Morgan fingerprint density at radius 3 is 2.72 bits per heavy atom. The molecule has 0 radical (unpaired) electrons. The van der Waals surface area contributed by atoms with Gasteiger partial charge in [0.25, 0.3) is 0 Å². The van der Waals surface area contributed by atoms with Crippen molar-refractivity contribution in [3.63, 3.8) is 0 Å². The predicted molar refractivity (Wildman–Crippen MR) is 74.8 cm³/mol. The quantitative estimate of drug-likeness (QED) is 0.492. The predicted octanol–water partition coefficient (Wildman–Crippen LogP) is 2.46. The van der Waals surface area contributed by atoms with Crippen LogP contribution in [-0.2, 0) is 4.79 Å². The number of nitrogens with zero attached hydrogens (tertiary/aromatic N) is 1. The molecular formula is C15H18N2O. The number of carbonyl (C=O) groups is 1. The van der Waals surface area contributed by atoms with E-state index in [1.165, 1.54) is 5.57 Å². The van der Waals surface area contributed by atoms with Crippen molar-refractivity contribution >= 4 is 17.7 Å². The van der Waals surface area contributed by atoms with Gasteiger partial charge in [0.15, 0.2) is 0 Å². The number of anilines is 1. The number of rotatable bonds is 2. The van der Waals surface area contributed by atoms with Crippen LogP contribution in [0.15, 0.2) is 42.0 Å². The maximum Gasteiger partial charge on any atom is 0.246 e. The molecule has 0 bridgehead atoms. The summed E-state index contributed by atoms with van der Waals surface area (Å²) in [6.07, 6.45) is 6.60. The van der Waals surface area contributed by atoms with Gasteiger partial charge in [-0.15, -0.1) is 0 Å². The minimum atomic E-state index is 0.0688. The Bertz CT molecular complexity index is 486. The first kappa shape index (κ1) is 12.4. The Morgan fingerprint density at radius 2 is 2.06 bits per heavy atom. The molecule has 0 atom stereocenters. The van der Waals surface area contributed by atoms with Crippen LogP contribution in [0, 0.1) is 0 Å². The minimum Gasteiger partial charge on any atom is -0.399 e. The molecule has 2 N–H and O–H groups in total. The molecular weight excluding hydrogens is 224 g/mol. The lowest BCUT2D eigenvalue weighted by Crippen LogP contribution is -2.34. The van der Waals surface area contributed by atoms with Crippen molar-refractivity contribution in [2.75, 3.05) is 18.8 Å². The number of amides is 1. The van der Waals surface area contributed by atoms with E-state index in [2.05, 4.69) is 13.0 Å². The summed E-state index contributed by atoms with van der Waals surface area (Å²) < 4.78 is 0. The summed E-state index contributed by atoms with van der Waals surface area (Å²) in [4.78, 5) is 13.8. The fourth-order valence-corrected chi connectivity index (χ4v) is 1.98. The van der Waals surface area contributed by atoms with E-state index in [-0.39, 0.29) is 5.91 Å². The minimum absolute atomic E-state index is 0.0688. The van der Waals surface area contributed by atoms with Gasteiger partial charge in [-0.3, -0.25) is 4.79 Å². The first-order chi connectivity index (χ1) is 8.65. The van der Waals surface area contributed by atoms with Crippen LogP contribution in [0.3, 0.4) is 0 Å². The van der Waals surface area contributed by atoms with Crippen molar-refractivity contribution in [1.29, 1.82) is 0 Å². The summed E-state index contributed by atoms with van der Waals surface area (Å²) in [6.45, 7) is 3.61. The van der Waals surface area contributed by atoms with Gasteiger partial charge in [-0.2, -0.15) is 0 Å². The molecule has 0 saturated heterocycles. The van der Waals surface area contributed by atoms with Crippen molar-refractivity contribution < 1.29 is 4.79 Å². The summed E-state index contributed by atoms with van der Waals surface area (Å²) in [6, 6.07) is 7.47. The monoisotopic (exact) mass is 242 g/mol. The second-order valence-electron chi connectivity index (χ2n) is 4.60. The van der Waals surface area contributed by atoms with Crippen molar-refractivity contribution in [3.8, 4) is 0 Å². The number of nitrogen functional groups attached to an aromatic ring is 1. The van der Waals surface area contributed by atoms with Gasteiger partial charge in [0, 0.05) is 24.9 Å². The fraction of sp³-hybridized carbons (Fsp3) is 0.267. The van der Waals surface area contributed by atoms with Gasteiger partial charge in [0.05, 0.1) is 0 Å². The molecule has 1 amide bonds. The molecule has 1 aromatic carbocycles. The summed E-state index contributed by atoms with van der Waals surface area (Å²) in [5.41, 5.74) is 8.59. The van der Waals surface area contributed by atoms with E-state index in [9.17, 15) is 4.79 Å². The Balaban J connectivity index is 1.98. The molecule has 1 aliphatic rings. The standard InChI is InChI=1S/C15H18N2O/c1-12-3-2-10-17(11-12)15(18)9-6-13-4-7-14(16)8-5-13/h3-9H,2,10-11,16H2,1H3/b9-6+. The number of nitrogens with two attached hydrogens (primary N) is 1. The van der Waals surface area contributed by atoms with Crippen LogP contribution in [0.25, 0.3) is 6.08 Å². The molecule has 0 fully saturated rings. The first-order valence-electron chi connectivity index (χ1n) is 6.13. The van der Waals surface area contributed by atoms with Crippen molar-refractivity contribution in [2.24, 2.45) is 0 Å². The van der Waals surface area contributed by atoms with Gasteiger partial charge in [-0.05, 0) is 37.1 Å². The summed E-state index contributed by atoms with van der Waals surface area (Å²) in [5.74, 6) is 0.0688. The van der Waals surface area contributed by atoms with E-state index >= 15 is 0 Å². The lowest BCUT2D eigenvalue weighted by atomic mass is 10.1. The average Bonchev–Trinajstić information content (AvgIpc) is 2.38. The molecule has 1 aromatic rings. The van der Waals surface area contributed by atoms with Crippen LogP contribution in [0.2, 0.25) is 0 Å². The fourth-order valence-electron chi connectivity index (χ4n) is 1.98. The molecule has 18 heavy (non-hydrogen) atoms. The third kappa shape index (κ3) is 3.23. The van der Waals surface area contributed by atoms with Gasteiger partial charge < -0.3 is 10.6 Å². The van der Waals surface area contributed by atoms with Gasteiger partial charge in [0.1, 0.15) is 0 Å². The molecule has 0 unspecified atom stereocenters. The molecule has 0 aromatic heterocycles. The zero-order chi connectivity index (χ0) is 13.0. The summed E-state index contributed by atoms with van der Waals surface area (Å²) in [5, 5.41) is 0. The molecule has 0 saturated carbocycles. The highest BCUT2D eigenvalue weighted by Crippen LogP contribution is 2.11. The van der Waals surface area contributed by atoms with E-state index in [1.54, 1.807) is 6.08 Å². The van der Waals surface area contributed by atoms with E-state index < -0.39 is 0 Å². The number of hydrogen-bond donors (Lipinski definition) is 1. The molecule has 1 aliphatic heterocycles. The van der Waals surface area contributed by atoms with E-state index in [4.69, 9.17) is 5.73 Å². The first-order valence-corrected chi connectivity index (χ1v) is 6.13. The largest absolute Gasteiger partial charge is 0.399 e. The van der Waals surface area contributed by atoms with Gasteiger partial charge in [-0.25, -0.2) is 0 Å². The van der Waals surface area contributed by atoms with Crippen molar-refractivity contribution in [1.82, 2.24) is 4.90 Å². The van der Waals surface area contributed by atoms with Gasteiger partial charge in [0.2, 0.25) is 5.91 Å². The highest BCUT2D eigenvalue weighted by molar-refractivity contribution is 5.92. The van der Waals surface area contributed by atoms with E-state index in [0.29, 0.717) is 0 Å². The Kier molecular flexibility index (Phi) is 3.82. The second-order valence-corrected chi connectivity index (χ2v) is 4.60. The topological polar surface area (TPSA) is 46.3 Å². The molecule has 94 valence electrons. The van der Waals surface area contributed by atoms with E-state index in [1.807, 2.05) is 35.2 Å². The number of hydrogen-bond acceptors (Lipinski definition) is 2. The molecule has 3 nitrogen and oxygen atoms in total. The Labute approximate surface area is 108 Å². The highest BCUT2D eigenvalue weighted by atomic mass is 16.2. The summed E-state index contributed by atoms with van der Waals surface area (Å²) >= 11 is 0. The smallest absolute Gasteiger partial charge is 0.246 e. The Morgan fingerprint density at radius 1 is 1.33 bits per heavy atom. The number of carbonyl (C=O) groups excluding carboxylic acids is 1. The zero-order valence-electron chi connectivity index (χ0n) is 10.6. The average molecular weight is 242 g/mol. The lowest BCUT2D eigenvalue weighted by Gasteiger charge is -2.24. The zero-order valence-corrected chi connectivity index (χ0v) is 10.6. The molecule has 0 spiro atoms. The highest BCUT2D eigenvalue weighted by Gasteiger charge is 2.13. The van der Waals surface area contributed by atoms with Crippen LogP contribution >= 0.6 is 0 Å². The SMILES string of the molecule is CC1=CCCN(C(=O)/C=C/c2ccc(N)cc2)C1. The van der Waals surface area contributed by atoms with E-state index in [0.717, 1.165) is 30.8 Å². The normalized spacial score (nSPS) is 15.8. The molecule has 1 heterocycles. The second kappa shape index (κ2) is 5.54. The van der Waals surface area contributed by atoms with Gasteiger partial charge in [-0.1, -0.05) is 23.8 Å². The van der Waals surface area contributed by atoms with Crippen LogP contribution in [0.5, 0.6) is 0 Å². The molecule has 3 heteroatoms. The van der Waals surface area contributed by atoms with Crippen LogP contribution in [0.4, 0.5) is 5.69 Å². The third-order valence-corrected chi connectivity index (χ3v) is 3.00. The molecule has 2 rings (SSSR count). The summed E-state index contributed by atoms with van der Waals surface area (Å²) in [7, 11) is 0. The van der Waals surface area contributed by atoms with Gasteiger partial charge >= 0.3 is 0 Å². The van der Waals surface area contributed by atoms with Crippen molar-refractivity contribution in [2.45, 2.75) is 13.3 Å². The maximum atomic E-state index is 12.0. The Hall–Kier alpha value is -2.03. The number of benzene rings is 1. The van der Waals surface area contributed by atoms with Crippen LogP contribution in [0.1, 0.15) is 18.9 Å². The van der Waals surface area contributed by atoms with Crippen LogP contribution in [-0.4, -0.2) is 23.9 Å². The molecule has 0 aliphatic carbocycles. The third-order valence-electron chi connectivity index (χ3n) is 3.00.